The predicted octanol–water partition coefficient (Wildman–Crippen LogP) is 1.96. The Balaban J connectivity index is 2.53. The molecule has 0 radical (unpaired) electrons. The van der Waals surface area contributed by atoms with Gasteiger partial charge in [-0.1, -0.05) is 13.8 Å². The molecule has 1 unspecified atom stereocenters. The van der Waals surface area contributed by atoms with Gasteiger partial charge in [0.05, 0.1) is 6.04 Å². The number of rotatable bonds is 6. The summed E-state index contributed by atoms with van der Waals surface area (Å²) in [6.07, 6.45) is 2.12. The number of piperidine rings is 1. The molecular weight excluding hydrogens is 358 g/mol. The first-order valence-electron chi connectivity index (χ1n) is 10.2. The number of likely N-dealkylation sites (tertiary alicyclic amines) is 1. The second kappa shape index (κ2) is 11.1. The number of nitrogens with zero attached hydrogens (tertiary/aromatic N) is 2. The van der Waals surface area contributed by atoms with E-state index in [1.165, 1.54) is 0 Å². The van der Waals surface area contributed by atoms with Crippen LogP contribution in [0.1, 0.15) is 53.9 Å². The maximum Gasteiger partial charge on any atom is 0.407 e. The first-order valence-corrected chi connectivity index (χ1v) is 10.2. The number of carbonyl (C=O) groups is 2. The van der Waals surface area contributed by atoms with Crippen LogP contribution in [0.5, 0.6) is 0 Å². The van der Waals surface area contributed by atoms with Gasteiger partial charge in [0, 0.05) is 40.2 Å². The SMILES string of the molecule is CN=C(NCC(NC(=O)OC(C)(C)C)C(C)C)N1CCC(CC(=O)NC)CC1. The Morgan fingerprint density at radius 3 is 2.29 bits per heavy atom. The zero-order valence-electron chi connectivity index (χ0n) is 18.6. The van der Waals surface area contributed by atoms with Crippen molar-refractivity contribution in [2.45, 2.75) is 65.5 Å². The molecule has 1 rings (SSSR count). The van der Waals surface area contributed by atoms with Crippen LogP contribution in [0.2, 0.25) is 0 Å². The van der Waals surface area contributed by atoms with Crippen LogP contribution in [0.15, 0.2) is 4.99 Å². The Morgan fingerprint density at radius 1 is 1.21 bits per heavy atom. The van der Waals surface area contributed by atoms with Crippen LogP contribution < -0.4 is 16.0 Å². The highest BCUT2D eigenvalue weighted by Crippen LogP contribution is 2.20. The van der Waals surface area contributed by atoms with Gasteiger partial charge in [0.25, 0.3) is 0 Å². The van der Waals surface area contributed by atoms with E-state index in [0.717, 1.165) is 31.9 Å². The van der Waals surface area contributed by atoms with Crippen LogP contribution >= 0.6 is 0 Å². The van der Waals surface area contributed by atoms with Crippen molar-refractivity contribution in [3.05, 3.63) is 0 Å². The minimum atomic E-state index is -0.520. The number of hydrogen-bond acceptors (Lipinski definition) is 4. The van der Waals surface area contributed by atoms with Crippen LogP contribution in [0.4, 0.5) is 4.79 Å². The van der Waals surface area contributed by atoms with E-state index in [0.29, 0.717) is 18.9 Å². The van der Waals surface area contributed by atoms with Crippen molar-refractivity contribution in [2.24, 2.45) is 16.8 Å². The fraction of sp³-hybridized carbons (Fsp3) is 0.850. The highest BCUT2D eigenvalue weighted by Gasteiger charge is 2.25. The molecule has 1 aliphatic rings. The summed E-state index contributed by atoms with van der Waals surface area (Å²) in [7, 11) is 3.45. The molecule has 3 N–H and O–H groups in total. The molecule has 1 heterocycles. The molecule has 8 nitrogen and oxygen atoms in total. The van der Waals surface area contributed by atoms with Crippen molar-refractivity contribution < 1.29 is 14.3 Å². The Labute approximate surface area is 169 Å². The van der Waals surface area contributed by atoms with Crippen LogP contribution in [0, 0.1) is 11.8 Å². The van der Waals surface area contributed by atoms with Gasteiger partial charge >= 0.3 is 6.09 Å². The van der Waals surface area contributed by atoms with Crippen LogP contribution in [-0.4, -0.2) is 68.2 Å². The maximum absolute atomic E-state index is 12.1. The lowest BCUT2D eigenvalue weighted by Crippen LogP contribution is -2.52. The normalized spacial score (nSPS) is 17.3. The van der Waals surface area contributed by atoms with Crippen molar-refractivity contribution >= 4 is 18.0 Å². The molecule has 8 heteroatoms. The van der Waals surface area contributed by atoms with Gasteiger partial charge in [0.15, 0.2) is 5.96 Å². The van der Waals surface area contributed by atoms with Crippen LogP contribution in [0.25, 0.3) is 0 Å². The topological polar surface area (TPSA) is 95.1 Å². The molecule has 0 aromatic carbocycles. The van der Waals surface area contributed by atoms with E-state index in [9.17, 15) is 9.59 Å². The summed E-state index contributed by atoms with van der Waals surface area (Å²) in [5, 5.41) is 9.03. The van der Waals surface area contributed by atoms with Gasteiger partial charge in [-0.15, -0.1) is 0 Å². The van der Waals surface area contributed by atoms with Gasteiger partial charge in [0.1, 0.15) is 5.60 Å². The molecule has 2 amide bonds. The third kappa shape index (κ3) is 8.80. The van der Waals surface area contributed by atoms with Gasteiger partial charge in [-0.25, -0.2) is 4.79 Å². The quantitative estimate of drug-likeness (QED) is 0.470. The lowest BCUT2D eigenvalue weighted by Gasteiger charge is -2.35. The summed E-state index contributed by atoms with van der Waals surface area (Å²) in [6, 6.07) is -0.0719. The fourth-order valence-electron chi connectivity index (χ4n) is 3.16. The molecule has 0 aromatic heterocycles. The second-order valence-corrected chi connectivity index (χ2v) is 8.73. The summed E-state index contributed by atoms with van der Waals surface area (Å²) in [5.74, 6) is 1.60. The van der Waals surface area contributed by atoms with Crippen LogP contribution in [-0.2, 0) is 9.53 Å². The third-order valence-corrected chi connectivity index (χ3v) is 4.87. The predicted molar refractivity (Wildman–Crippen MR) is 112 cm³/mol. The van der Waals surface area contributed by atoms with Crippen molar-refractivity contribution in [2.75, 3.05) is 33.7 Å². The highest BCUT2D eigenvalue weighted by atomic mass is 16.6. The lowest BCUT2D eigenvalue weighted by molar-refractivity contribution is -0.121. The van der Waals surface area contributed by atoms with Gasteiger partial charge in [-0.2, -0.15) is 0 Å². The van der Waals surface area contributed by atoms with Gasteiger partial charge < -0.3 is 25.6 Å². The van der Waals surface area contributed by atoms with Gasteiger partial charge in [-0.05, 0) is 45.4 Å². The van der Waals surface area contributed by atoms with Gasteiger partial charge in [-0.3, -0.25) is 9.79 Å². The Hall–Kier alpha value is -1.99. The maximum atomic E-state index is 12.1. The van der Waals surface area contributed by atoms with E-state index < -0.39 is 11.7 Å². The number of nitrogens with one attached hydrogen (secondary N) is 3. The molecule has 1 aliphatic heterocycles. The van der Waals surface area contributed by atoms with Gasteiger partial charge in [0.2, 0.25) is 5.91 Å². The van der Waals surface area contributed by atoms with E-state index in [1.54, 1.807) is 14.1 Å². The summed E-state index contributed by atoms with van der Waals surface area (Å²) in [4.78, 5) is 30.3. The average Bonchev–Trinajstić information content (AvgIpc) is 2.60. The van der Waals surface area contributed by atoms with E-state index in [1.807, 2.05) is 20.8 Å². The largest absolute Gasteiger partial charge is 0.444 e. The fourth-order valence-corrected chi connectivity index (χ4v) is 3.16. The molecule has 0 aromatic rings. The van der Waals surface area contributed by atoms with E-state index in [4.69, 9.17) is 4.74 Å². The summed E-state index contributed by atoms with van der Waals surface area (Å²) >= 11 is 0. The molecule has 0 aliphatic carbocycles. The molecular formula is C20H39N5O3. The Kier molecular flexibility index (Phi) is 9.55. The third-order valence-electron chi connectivity index (χ3n) is 4.87. The number of ether oxygens (including phenoxy) is 1. The molecule has 162 valence electrons. The first kappa shape index (κ1) is 24.0. The van der Waals surface area contributed by atoms with E-state index >= 15 is 0 Å². The van der Waals surface area contributed by atoms with E-state index in [-0.39, 0.29) is 17.9 Å². The smallest absolute Gasteiger partial charge is 0.407 e. The van der Waals surface area contributed by atoms with E-state index in [2.05, 4.69) is 39.7 Å². The van der Waals surface area contributed by atoms with Crippen LogP contribution in [0.3, 0.4) is 0 Å². The number of amides is 2. The molecule has 1 saturated heterocycles. The minimum absolute atomic E-state index is 0.0719. The molecule has 0 spiro atoms. The van der Waals surface area contributed by atoms with Crippen molar-refractivity contribution in [3.8, 4) is 0 Å². The summed E-state index contributed by atoms with van der Waals surface area (Å²) < 4.78 is 5.37. The molecule has 0 bridgehead atoms. The molecule has 1 fully saturated rings. The van der Waals surface area contributed by atoms with Crippen molar-refractivity contribution in [1.29, 1.82) is 0 Å². The van der Waals surface area contributed by atoms with Crippen molar-refractivity contribution in [3.63, 3.8) is 0 Å². The number of hydrogen-bond donors (Lipinski definition) is 3. The Morgan fingerprint density at radius 2 is 1.82 bits per heavy atom. The number of alkyl carbamates (subject to hydrolysis) is 1. The average molecular weight is 398 g/mol. The molecule has 0 saturated carbocycles. The zero-order valence-corrected chi connectivity index (χ0v) is 18.6. The second-order valence-electron chi connectivity index (χ2n) is 8.73. The zero-order chi connectivity index (χ0) is 21.3. The number of carbonyl (C=O) groups excluding carboxylic acids is 2. The molecule has 1 atom stereocenters. The minimum Gasteiger partial charge on any atom is -0.444 e. The highest BCUT2D eigenvalue weighted by molar-refractivity contribution is 5.80. The van der Waals surface area contributed by atoms with Crippen molar-refractivity contribution in [1.82, 2.24) is 20.9 Å². The lowest BCUT2D eigenvalue weighted by atomic mass is 9.93. The Bertz CT molecular complexity index is 534. The standard InChI is InChI=1S/C20H39N5O3/c1-14(2)16(24-19(27)28-20(3,4)5)13-23-18(22-7)25-10-8-15(9-11-25)12-17(26)21-6/h14-16H,8-13H2,1-7H3,(H,21,26)(H,22,23)(H,24,27). The monoisotopic (exact) mass is 397 g/mol. The summed E-state index contributed by atoms with van der Waals surface area (Å²) in [6.45, 7) is 12.0. The molecule has 28 heavy (non-hydrogen) atoms. The number of guanidine groups is 1. The first-order chi connectivity index (χ1) is 13.1. The number of aliphatic imine (C=N–C) groups is 1. The summed E-state index contributed by atoms with van der Waals surface area (Å²) in [5.41, 5.74) is -0.520.